The van der Waals surface area contributed by atoms with E-state index in [4.69, 9.17) is 23.2 Å². The first-order valence-electron chi connectivity index (χ1n) is 5.86. The number of rotatable bonds is 2. The first-order valence-corrected chi connectivity index (χ1v) is 6.73. The molecular weight excluding hydrogens is 279 g/mol. The van der Waals surface area contributed by atoms with Crippen LogP contribution < -0.4 is 0 Å². The van der Waals surface area contributed by atoms with Crippen molar-refractivity contribution < 1.29 is 0 Å². The molecule has 0 aliphatic rings. The van der Waals surface area contributed by atoms with Crippen molar-refractivity contribution in [3.63, 3.8) is 0 Å². The summed E-state index contributed by atoms with van der Waals surface area (Å²) >= 11 is 11.8. The number of hydrogen-bond donors (Lipinski definition) is 0. The summed E-state index contributed by atoms with van der Waals surface area (Å²) in [5.74, 6) is 0.431. The van der Waals surface area contributed by atoms with E-state index in [1.807, 2.05) is 54.6 Å². The van der Waals surface area contributed by atoms with E-state index in [1.54, 1.807) is 0 Å². The third kappa shape index (κ3) is 2.42. The Morgan fingerprint density at radius 1 is 0.789 bits per heavy atom. The standard InChI is InChI=1S/C15H10Cl2N2/c16-14(17)15-18-12-9-5-4-8-11(12)13(19-15)10-6-2-1-3-7-10/h1-9,14H. The minimum atomic E-state index is -0.730. The van der Waals surface area contributed by atoms with Crippen LogP contribution in [0.2, 0.25) is 0 Å². The van der Waals surface area contributed by atoms with E-state index in [0.717, 1.165) is 22.2 Å². The first-order chi connectivity index (χ1) is 9.25. The lowest BCUT2D eigenvalue weighted by atomic mass is 10.1. The Morgan fingerprint density at radius 3 is 2.21 bits per heavy atom. The first kappa shape index (κ1) is 12.4. The molecule has 0 aliphatic carbocycles. The van der Waals surface area contributed by atoms with E-state index in [0.29, 0.717) is 5.82 Å². The molecule has 2 aromatic carbocycles. The molecule has 0 N–H and O–H groups in total. The van der Waals surface area contributed by atoms with Crippen LogP contribution in [0.5, 0.6) is 0 Å². The number of nitrogens with zero attached hydrogens (tertiary/aromatic N) is 2. The lowest BCUT2D eigenvalue weighted by Crippen LogP contribution is -1.98. The molecule has 0 aliphatic heterocycles. The summed E-state index contributed by atoms with van der Waals surface area (Å²) in [6, 6.07) is 17.8. The Balaban J connectivity index is 2.33. The maximum absolute atomic E-state index is 5.90. The van der Waals surface area contributed by atoms with Gasteiger partial charge in [0, 0.05) is 10.9 Å². The largest absolute Gasteiger partial charge is 0.230 e. The molecule has 19 heavy (non-hydrogen) atoms. The average molecular weight is 289 g/mol. The lowest BCUT2D eigenvalue weighted by Gasteiger charge is -2.09. The number of halogens is 2. The summed E-state index contributed by atoms with van der Waals surface area (Å²) in [6.45, 7) is 0. The monoisotopic (exact) mass is 288 g/mol. The van der Waals surface area contributed by atoms with Crippen molar-refractivity contribution in [1.29, 1.82) is 0 Å². The molecule has 0 bridgehead atoms. The third-order valence-electron chi connectivity index (χ3n) is 2.86. The van der Waals surface area contributed by atoms with Crippen molar-refractivity contribution in [3.05, 3.63) is 60.4 Å². The van der Waals surface area contributed by atoms with Gasteiger partial charge in [-0.1, -0.05) is 71.7 Å². The number of benzene rings is 2. The molecule has 0 spiro atoms. The summed E-state index contributed by atoms with van der Waals surface area (Å²) in [4.78, 5) is 8.15. The Bertz CT molecular complexity index is 712. The molecule has 1 aromatic heterocycles. The Hall–Kier alpha value is -1.64. The van der Waals surface area contributed by atoms with E-state index in [-0.39, 0.29) is 0 Å². The van der Waals surface area contributed by atoms with Crippen LogP contribution in [0.3, 0.4) is 0 Å². The van der Waals surface area contributed by atoms with Crippen molar-refractivity contribution in [2.24, 2.45) is 0 Å². The van der Waals surface area contributed by atoms with Gasteiger partial charge in [0.2, 0.25) is 0 Å². The molecule has 3 aromatic rings. The number of fused-ring (bicyclic) bond motifs is 1. The van der Waals surface area contributed by atoms with Gasteiger partial charge in [0.05, 0.1) is 11.2 Å². The van der Waals surface area contributed by atoms with Crippen LogP contribution >= 0.6 is 23.2 Å². The topological polar surface area (TPSA) is 25.8 Å². The highest BCUT2D eigenvalue weighted by Gasteiger charge is 2.13. The fourth-order valence-corrected chi connectivity index (χ4v) is 2.20. The van der Waals surface area contributed by atoms with E-state index in [1.165, 1.54) is 0 Å². The zero-order chi connectivity index (χ0) is 13.2. The summed E-state index contributed by atoms with van der Waals surface area (Å²) in [6.07, 6.45) is 0. The van der Waals surface area contributed by atoms with E-state index in [2.05, 4.69) is 9.97 Å². The van der Waals surface area contributed by atoms with Gasteiger partial charge in [0.1, 0.15) is 0 Å². The second-order valence-corrected chi connectivity index (χ2v) is 5.21. The van der Waals surface area contributed by atoms with Crippen molar-refractivity contribution in [3.8, 4) is 11.3 Å². The molecule has 0 amide bonds. The fourth-order valence-electron chi connectivity index (χ4n) is 2.01. The van der Waals surface area contributed by atoms with Gasteiger partial charge in [-0.2, -0.15) is 0 Å². The molecule has 0 saturated carbocycles. The molecule has 94 valence electrons. The van der Waals surface area contributed by atoms with Crippen molar-refractivity contribution in [2.45, 2.75) is 4.84 Å². The highest BCUT2D eigenvalue weighted by atomic mass is 35.5. The maximum atomic E-state index is 5.90. The van der Waals surface area contributed by atoms with Crippen LogP contribution in [0.15, 0.2) is 54.6 Å². The second kappa shape index (κ2) is 5.16. The van der Waals surface area contributed by atoms with Gasteiger partial charge in [-0.05, 0) is 6.07 Å². The Labute approximate surface area is 121 Å². The second-order valence-electron chi connectivity index (χ2n) is 4.11. The summed E-state index contributed by atoms with van der Waals surface area (Å²) in [5.41, 5.74) is 2.72. The molecular formula is C15H10Cl2N2. The predicted octanol–water partition coefficient (Wildman–Crippen LogP) is 4.77. The molecule has 0 radical (unpaired) electrons. The van der Waals surface area contributed by atoms with Gasteiger partial charge >= 0.3 is 0 Å². The maximum Gasteiger partial charge on any atom is 0.167 e. The smallest absolute Gasteiger partial charge is 0.167 e. The zero-order valence-electron chi connectivity index (χ0n) is 9.92. The Kier molecular flexibility index (Phi) is 3.36. The summed E-state index contributed by atoms with van der Waals surface area (Å²) in [5, 5.41) is 0.992. The molecule has 1 heterocycles. The number of para-hydroxylation sites is 1. The zero-order valence-corrected chi connectivity index (χ0v) is 11.4. The number of alkyl halides is 2. The van der Waals surface area contributed by atoms with Gasteiger partial charge in [0.25, 0.3) is 0 Å². The van der Waals surface area contributed by atoms with Crippen molar-refractivity contribution in [1.82, 2.24) is 9.97 Å². The highest BCUT2D eigenvalue weighted by molar-refractivity contribution is 6.43. The molecule has 2 nitrogen and oxygen atoms in total. The van der Waals surface area contributed by atoms with Crippen LogP contribution in [0, 0.1) is 0 Å². The molecule has 0 saturated heterocycles. The average Bonchev–Trinajstić information content (AvgIpc) is 2.47. The number of hydrogen-bond acceptors (Lipinski definition) is 2. The van der Waals surface area contributed by atoms with Crippen molar-refractivity contribution in [2.75, 3.05) is 0 Å². The van der Waals surface area contributed by atoms with Gasteiger partial charge in [-0.25, -0.2) is 9.97 Å². The fraction of sp³-hybridized carbons (Fsp3) is 0.0667. The molecule has 4 heteroatoms. The van der Waals surface area contributed by atoms with Crippen LogP contribution in [0.1, 0.15) is 10.7 Å². The van der Waals surface area contributed by atoms with E-state index in [9.17, 15) is 0 Å². The van der Waals surface area contributed by atoms with Crippen LogP contribution in [0.25, 0.3) is 22.2 Å². The lowest BCUT2D eigenvalue weighted by molar-refractivity contribution is 1.05. The minimum absolute atomic E-state index is 0.431. The van der Waals surface area contributed by atoms with Crippen LogP contribution in [0.4, 0.5) is 0 Å². The molecule has 0 fully saturated rings. The van der Waals surface area contributed by atoms with Crippen LogP contribution in [-0.4, -0.2) is 9.97 Å². The highest BCUT2D eigenvalue weighted by Crippen LogP contribution is 2.29. The summed E-state index contributed by atoms with van der Waals surface area (Å²) < 4.78 is 0. The Morgan fingerprint density at radius 2 is 1.47 bits per heavy atom. The van der Waals surface area contributed by atoms with Gasteiger partial charge in [0.15, 0.2) is 10.7 Å². The predicted molar refractivity (Wildman–Crippen MR) is 79.4 cm³/mol. The third-order valence-corrected chi connectivity index (χ3v) is 3.25. The summed E-state index contributed by atoms with van der Waals surface area (Å²) in [7, 11) is 0. The van der Waals surface area contributed by atoms with Crippen LogP contribution in [-0.2, 0) is 0 Å². The van der Waals surface area contributed by atoms with Gasteiger partial charge in [-0.3, -0.25) is 0 Å². The van der Waals surface area contributed by atoms with Crippen molar-refractivity contribution >= 4 is 34.1 Å². The molecule has 0 atom stereocenters. The SMILES string of the molecule is ClC(Cl)c1nc(-c2ccccc2)c2ccccc2n1. The minimum Gasteiger partial charge on any atom is -0.230 e. The van der Waals surface area contributed by atoms with E-state index >= 15 is 0 Å². The number of aromatic nitrogens is 2. The van der Waals surface area contributed by atoms with Gasteiger partial charge < -0.3 is 0 Å². The normalized spacial score (nSPS) is 11.1. The molecule has 3 rings (SSSR count). The quantitative estimate of drug-likeness (QED) is 0.635. The van der Waals surface area contributed by atoms with E-state index < -0.39 is 4.84 Å². The van der Waals surface area contributed by atoms with Gasteiger partial charge in [-0.15, -0.1) is 0 Å². The molecule has 0 unspecified atom stereocenters.